The summed E-state index contributed by atoms with van der Waals surface area (Å²) in [7, 11) is 0. The van der Waals surface area contributed by atoms with E-state index in [-0.39, 0.29) is 11.1 Å². The number of nitrogens with one attached hydrogen (secondary N) is 1. The number of hydrogen-bond acceptors (Lipinski definition) is 3. The summed E-state index contributed by atoms with van der Waals surface area (Å²) in [6.45, 7) is 0. The van der Waals surface area contributed by atoms with E-state index in [1.807, 2.05) is 0 Å². The van der Waals surface area contributed by atoms with Crippen LogP contribution < -0.4 is 5.56 Å². The molecule has 0 bridgehead atoms. The van der Waals surface area contributed by atoms with Crippen molar-refractivity contribution in [1.82, 2.24) is 9.97 Å². The summed E-state index contributed by atoms with van der Waals surface area (Å²) in [5, 5.41) is 0.677. The highest BCUT2D eigenvalue weighted by atomic mass is 32.1. The monoisotopic (exact) mass is 358 g/mol. The van der Waals surface area contributed by atoms with Crippen molar-refractivity contribution in [3.63, 3.8) is 0 Å². The van der Waals surface area contributed by atoms with Crippen molar-refractivity contribution in [3.8, 4) is 0 Å². The minimum absolute atomic E-state index is 0.146. The van der Waals surface area contributed by atoms with Gasteiger partial charge in [0.2, 0.25) is 0 Å². The predicted molar refractivity (Wildman–Crippen MR) is 96.8 cm³/mol. The Labute approximate surface area is 147 Å². The molecule has 1 aliphatic rings. The summed E-state index contributed by atoms with van der Waals surface area (Å²) in [5.74, 6) is -0.999. The van der Waals surface area contributed by atoms with Crippen molar-refractivity contribution in [2.24, 2.45) is 0 Å². The van der Waals surface area contributed by atoms with Gasteiger partial charge in [0.1, 0.15) is 22.3 Å². The Morgan fingerprint density at radius 1 is 1.08 bits per heavy atom. The lowest BCUT2D eigenvalue weighted by Gasteiger charge is -2.00. The van der Waals surface area contributed by atoms with Gasteiger partial charge < -0.3 is 4.98 Å². The van der Waals surface area contributed by atoms with E-state index in [1.54, 1.807) is 11.3 Å². The van der Waals surface area contributed by atoms with E-state index in [0.717, 1.165) is 31.2 Å². The molecule has 0 fully saturated rings. The largest absolute Gasteiger partial charge is 0.306 e. The number of aryl methyl sites for hydroxylation is 2. The van der Waals surface area contributed by atoms with Gasteiger partial charge in [-0.05, 0) is 55.5 Å². The van der Waals surface area contributed by atoms with E-state index >= 15 is 0 Å². The molecule has 3 aromatic rings. The Hall–Kier alpha value is -2.34. The van der Waals surface area contributed by atoms with Crippen LogP contribution in [0.2, 0.25) is 0 Å². The van der Waals surface area contributed by atoms with Gasteiger partial charge in [-0.1, -0.05) is 12.5 Å². The van der Waals surface area contributed by atoms with E-state index in [0.29, 0.717) is 16.0 Å². The van der Waals surface area contributed by atoms with Crippen LogP contribution >= 0.6 is 11.3 Å². The molecule has 0 radical (unpaired) electrons. The second-order valence-corrected chi connectivity index (χ2v) is 7.25. The Balaban J connectivity index is 1.77. The highest BCUT2D eigenvalue weighted by molar-refractivity contribution is 7.18. The maximum absolute atomic E-state index is 13.7. The quantitative estimate of drug-likeness (QED) is 0.675. The minimum Gasteiger partial charge on any atom is -0.306 e. The second kappa shape index (κ2) is 6.52. The lowest BCUT2D eigenvalue weighted by molar-refractivity contribution is 0.579. The minimum atomic E-state index is -0.650. The van der Waals surface area contributed by atoms with Gasteiger partial charge in [-0.3, -0.25) is 4.79 Å². The predicted octanol–water partition coefficient (Wildman–Crippen LogP) is 4.70. The molecule has 3 nitrogen and oxygen atoms in total. The first-order chi connectivity index (χ1) is 12.1. The van der Waals surface area contributed by atoms with Crippen LogP contribution in [-0.2, 0) is 12.8 Å². The Bertz CT molecular complexity index is 1020. The molecule has 0 amide bonds. The second-order valence-electron chi connectivity index (χ2n) is 6.16. The lowest BCUT2D eigenvalue weighted by Crippen LogP contribution is -2.10. The molecule has 2 heterocycles. The first-order valence-corrected chi connectivity index (χ1v) is 9.12. The number of H-pyrrole nitrogens is 1. The molecule has 0 atom stereocenters. The number of fused-ring (bicyclic) bond motifs is 3. The summed E-state index contributed by atoms with van der Waals surface area (Å²) in [6, 6.07) is 3.70. The first kappa shape index (κ1) is 16.1. The van der Waals surface area contributed by atoms with E-state index in [1.165, 1.54) is 41.6 Å². The van der Waals surface area contributed by atoms with Crippen molar-refractivity contribution < 1.29 is 8.78 Å². The smallest absolute Gasteiger partial charge is 0.260 e. The van der Waals surface area contributed by atoms with Crippen LogP contribution in [-0.4, -0.2) is 9.97 Å². The van der Waals surface area contributed by atoms with Crippen molar-refractivity contribution in [1.29, 1.82) is 0 Å². The highest BCUT2D eigenvalue weighted by Crippen LogP contribution is 2.32. The number of hydrogen-bond donors (Lipinski definition) is 1. The van der Waals surface area contributed by atoms with E-state index in [9.17, 15) is 13.6 Å². The molecule has 25 heavy (non-hydrogen) atoms. The van der Waals surface area contributed by atoms with Crippen molar-refractivity contribution in [2.75, 3.05) is 0 Å². The molecule has 0 spiro atoms. The van der Waals surface area contributed by atoms with Gasteiger partial charge >= 0.3 is 0 Å². The molecule has 0 aliphatic heterocycles. The van der Waals surface area contributed by atoms with E-state index < -0.39 is 11.6 Å². The lowest BCUT2D eigenvalue weighted by atomic mass is 10.1. The van der Waals surface area contributed by atoms with E-state index in [4.69, 9.17) is 0 Å². The Morgan fingerprint density at radius 3 is 2.64 bits per heavy atom. The molecule has 0 saturated carbocycles. The Kier molecular flexibility index (Phi) is 4.21. The molecule has 4 rings (SSSR count). The topological polar surface area (TPSA) is 45.8 Å². The standard InChI is InChI=1S/C19H16F2N2OS/c20-13-6-4-7-14(21)11(13)9-10-16-22-18(24)17-12-5-2-1-3-8-15(12)25-19(17)23-16/h4,6-7,9-10H,1-3,5,8H2,(H,22,23,24)/b10-9+. The summed E-state index contributed by atoms with van der Waals surface area (Å²) in [5.41, 5.74) is 0.798. The zero-order valence-electron chi connectivity index (χ0n) is 13.4. The molecular formula is C19H16F2N2OS. The molecule has 0 unspecified atom stereocenters. The van der Waals surface area contributed by atoms with Crippen LogP contribution in [0.3, 0.4) is 0 Å². The average Bonchev–Trinajstić information content (AvgIpc) is 2.77. The summed E-state index contributed by atoms with van der Waals surface area (Å²) >= 11 is 1.56. The van der Waals surface area contributed by atoms with Crippen molar-refractivity contribution >= 4 is 33.7 Å². The number of halogens is 2. The van der Waals surface area contributed by atoms with Gasteiger partial charge in [-0.15, -0.1) is 11.3 Å². The number of rotatable bonds is 2. The number of thiophene rings is 1. The fourth-order valence-electron chi connectivity index (χ4n) is 3.27. The van der Waals surface area contributed by atoms with Crippen LogP contribution in [0.1, 0.15) is 41.1 Å². The van der Waals surface area contributed by atoms with Gasteiger partial charge in [-0.25, -0.2) is 13.8 Å². The third-order valence-electron chi connectivity index (χ3n) is 4.50. The molecule has 128 valence electrons. The zero-order chi connectivity index (χ0) is 17.4. The van der Waals surface area contributed by atoms with Crippen LogP contribution in [0, 0.1) is 11.6 Å². The zero-order valence-corrected chi connectivity index (χ0v) is 14.3. The third-order valence-corrected chi connectivity index (χ3v) is 5.69. The highest BCUT2D eigenvalue weighted by Gasteiger charge is 2.18. The van der Waals surface area contributed by atoms with E-state index in [2.05, 4.69) is 9.97 Å². The molecule has 1 aliphatic carbocycles. The fraction of sp³-hybridized carbons (Fsp3) is 0.263. The van der Waals surface area contributed by atoms with Crippen LogP contribution in [0.5, 0.6) is 0 Å². The van der Waals surface area contributed by atoms with Gasteiger partial charge in [0, 0.05) is 10.4 Å². The van der Waals surface area contributed by atoms with Crippen molar-refractivity contribution in [2.45, 2.75) is 32.1 Å². The molecule has 6 heteroatoms. The number of nitrogens with zero attached hydrogens (tertiary/aromatic N) is 1. The van der Waals surface area contributed by atoms with Crippen LogP contribution in [0.25, 0.3) is 22.4 Å². The number of aromatic amines is 1. The normalized spacial score (nSPS) is 14.8. The van der Waals surface area contributed by atoms with Crippen LogP contribution in [0.4, 0.5) is 8.78 Å². The van der Waals surface area contributed by atoms with Gasteiger partial charge in [0.05, 0.1) is 5.39 Å². The Morgan fingerprint density at radius 2 is 1.84 bits per heavy atom. The van der Waals surface area contributed by atoms with Crippen LogP contribution in [0.15, 0.2) is 23.0 Å². The van der Waals surface area contributed by atoms with Gasteiger partial charge in [0.15, 0.2) is 0 Å². The van der Waals surface area contributed by atoms with Gasteiger partial charge in [0.25, 0.3) is 5.56 Å². The summed E-state index contributed by atoms with van der Waals surface area (Å²) in [4.78, 5) is 21.7. The molecular weight excluding hydrogens is 342 g/mol. The molecule has 0 saturated heterocycles. The third kappa shape index (κ3) is 3.02. The molecule has 2 aromatic heterocycles. The molecule has 1 aromatic carbocycles. The molecule has 1 N–H and O–H groups in total. The number of aromatic nitrogens is 2. The summed E-state index contributed by atoms with van der Waals surface area (Å²) in [6.07, 6.45) is 8.05. The van der Waals surface area contributed by atoms with Gasteiger partial charge in [-0.2, -0.15) is 0 Å². The maximum atomic E-state index is 13.7. The first-order valence-electron chi connectivity index (χ1n) is 8.30. The SMILES string of the molecule is O=c1[nH]c(/C=C/c2c(F)cccc2F)nc2sc3c(c12)CCCCC3. The number of benzene rings is 1. The fourth-order valence-corrected chi connectivity index (χ4v) is 4.54. The summed E-state index contributed by atoms with van der Waals surface area (Å²) < 4.78 is 27.4. The van der Waals surface area contributed by atoms with Crippen molar-refractivity contribution in [3.05, 3.63) is 62.0 Å². The average molecular weight is 358 g/mol. The maximum Gasteiger partial charge on any atom is 0.260 e.